The zero-order chi connectivity index (χ0) is 22.0. The summed E-state index contributed by atoms with van der Waals surface area (Å²) in [5.74, 6) is 0.216. The van der Waals surface area contributed by atoms with E-state index in [-0.39, 0.29) is 17.9 Å². The molecule has 6 heteroatoms. The second kappa shape index (κ2) is 9.04. The Hall–Kier alpha value is -2.70. The Morgan fingerprint density at radius 1 is 0.875 bits per heavy atom. The number of rotatable bonds is 3. The summed E-state index contributed by atoms with van der Waals surface area (Å²) in [6.45, 7) is 3.82. The molecule has 3 aliphatic heterocycles. The molecule has 1 unspecified atom stereocenters. The molecule has 0 radical (unpaired) electrons. The van der Waals surface area contributed by atoms with E-state index in [9.17, 15) is 9.59 Å². The molecule has 2 amide bonds. The van der Waals surface area contributed by atoms with Crippen molar-refractivity contribution in [3.63, 3.8) is 0 Å². The second-order valence-electron chi connectivity index (χ2n) is 8.95. The van der Waals surface area contributed by atoms with Crippen LogP contribution in [0.2, 0.25) is 0 Å². The monoisotopic (exact) mass is 434 g/mol. The second-order valence-corrected chi connectivity index (χ2v) is 8.95. The molecule has 6 nitrogen and oxygen atoms in total. The Morgan fingerprint density at radius 3 is 2.31 bits per heavy atom. The van der Waals surface area contributed by atoms with E-state index < -0.39 is 5.60 Å². The van der Waals surface area contributed by atoms with Gasteiger partial charge in [0.1, 0.15) is 0 Å². The van der Waals surface area contributed by atoms with Crippen molar-refractivity contribution in [3.05, 3.63) is 71.3 Å². The highest BCUT2D eigenvalue weighted by atomic mass is 16.5. The standard InChI is InChI=1S/C26H30N2O4/c29-24(27-14-16-31-17-15-27)19-22-18-21-8-4-5-9-23(21)26(32-22)10-12-28(13-11-26)25(30)20-6-2-1-3-7-20/h1-9,22H,10-19H2. The van der Waals surface area contributed by atoms with E-state index in [1.54, 1.807) is 0 Å². The zero-order valence-electron chi connectivity index (χ0n) is 18.4. The predicted molar refractivity (Wildman–Crippen MR) is 120 cm³/mol. The van der Waals surface area contributed by atoms with Crippen LogP contribution in [0.5, 0.6) is 0 Å². The maximum atomic E-state index is 12.9. The van der Waals surface area contributed by atoms with Gasteiger partial charge in [0.2, 0.25) is 5.91 Å². The number of fused-ring (bicyclic) bond motifs is 2. The SMILES string of the molecule is O=C(CC1Cc2ccccc2C2(CCN(C(=O)c3ccccc3)CC2)O1)N1CCOCC1. The average molecular weight is 435 g/mol. The van der Waals surface area contributed by atoms with Gasteiger partial charge in [-0.05, 0) is 42.5 Å². The van der Waals surface area contributed by atoms with Gasteiger partial charge in [-0.25, -0.2) is 0 Å². The molecule has 2 fully saturated rings. The molecule has 0 N–H and O–H groups in total. The van der Waals surface area contributed by atoms with Crippen LogP contribution in [0.3, 0.4) is 0 Å². The number of nitrogens with zero attached hydrogens (tertiary/aromatic N) is 2. The highest BCUT2D eigenvalue weighted by Gasteiger charge is 2.45. The van der Waals surface area contributed by atoms with Gasteiger partial charge in [0.05, 0.1) is 31.3 Å². The van der Waals surface area contributed by atoms with Crippen molar-refractivity contribution >= 4 is 11.8 Å². The van der Waals surface area contributed by atoms with Gasteiger partial charge in [0.25, 0.3) is 5.91 Å². The molecule has 5 rings (SSSR count). The lowest BCUT2D eigenvalue weighted by atomic mass is 9.77. The minimum absolute atomic E-state index is 0.0728. The summed E-state index contributed by atoms with van der Waals surface area (Å²) in [7, 11) is 0. The summed E-state index contributed by atoms with van der Waals surface area (Å²) in [6.07, 6.45) is 2.48. The first kappa shape index (κ1) is 21.2. The molecule has 0 aromatic heterocycles. The van der Waals surface area contributed by atoms with Gasteiger partial charge in [-0.1, -0.05) is 42.5 Å². The number of likely N-dealkylation sites (tertiary alicyclic amines) is 1. The summed E-state index contributed by atoms with van der Waals surface area (Å²) >= 11 is 0. The van der Waals surface area contributed by atoms with Crippen LogP contribution in [0.25, 0.3) is 0 Å². The number of carbonyl (C=O) groups is 2. The number of morpholine rings is 1. The fraction of sp³-hybridized carbons (Fsp3) is 0.462. The normalized spacial score (nSPS) is 22.4. The van der Waals surface area contributed by atoms with Gasteiger partial charge in [0.15, 0.2) is 0 Å². The number of ether oxygens (including phenoxy) is 2. The molecule has 0 bridgehead atoms. The lowest BCUT2D eigenvalue weighted by molar-refractivity contribution is -0.155. The van der Waals surface area contributed by atoms with Gasteiger partial charge in [-0.2, -0.15) is 0 Å². The molecule has 2 aromatic rings. The number of piperidine rings is 1. The minimum Gasteiger partial charge on any atom is -0.378 e. The molecule has 3 heterocycles. The van der Waals surface area contributed by atoms with Gasteiger partial charge in [0, 0.05) is 31.7 Å². The molecule has 3 aliphatic rings. The van der Waals surface area contributed by atoms with E-state index in [1.807, 2.05) is 40.1 Å². The van der Waals surface area contributed by atoms with E-state index in [4.69, 9.17) is 9.47 Å². The molecule has 32 heavy (non-hydrogen) atoms. The number of carbonyl (C=O) groups excluding carboxylic acids is 2. The van der Waals surface area contributed by atoms with E-state index in [1.165, 1.54) is 11.1 Å². The maximum Gasteiger partial charge on any atom is 0.253 e. The van der Waals surface area contributed by atoms with Crippen LogP contribution in [-0.2, 0) is 26.3 Å². The fourth-order valence-corrected chi connectivity index (χ4v) is 5.28. The van der Waals surface area contributed by atoms with Crippen LogP contribution in [0, 0.1) is 0 Å². The molecule has 2 aromatic carbocycles. The number of benzene rings is 2. The zero-order valence-corrected chi connectivity index (χ0v) is 18.4. The Balaban J connectivity index is 1.31. The summed E-state index contributed by atoms with van der Waals surface area (Å²) in [6, 6.07) is 17.9. The number of hydrogen-bond donors (Lipinski definition) is 0. The van der Waals surface area contributed by atoms with Gasteiger partial charge in [-0.3, -0.25) is 9.59 Å². The average Bonchev–Trinajstić information content (AvgIpc) is 2.85. The third-order valence-electron chi connectivity index (χ3n) is 6.99. The molecular weight excluding hydrogens is 404 g/mol. The highest BCUT2D eigenvalue weighted by Crippen LogP contribution is 2.44. The highest BCUT2D eigenvalue weighted by molar-refractivity contribution is 5.94. The Morgan fingerprint density at radius 2 is 1.56 bits per heavy atom. The molecule has 0 aliphatic carbocycles. The molecule has 2 saturated heterocycles. The number of amides is 2. The predicted octanol–water partition coefficient (Wildman–Crippen LogP) is 3.01. The lowest BCUT2D eigenvalue weighted by Gasteiger charge is -2.47. The van der Waals surface area contributed by atoms with Gasteiger partial charge >= 0.3 is 0 Å². The van der Waals surface area contributed by atoms with Crippen LogP contribution in [-0.4, -0.2) is 67.1 Å². The van der Waals surface area contributed by atoms with Crippen LogP contribution in [0.1, 0.15) is 40.7 Å². The minimum atomic E-state index is -0.432. The van der Waals surface area contributed by atoms with Crippen molar-refractivity contribution in [1.29, 1.82) is 0 Å². The lowest BCUT2D eigenvalue weighted by Crippen LogP contribution is -2.51. The van der Waals surface area contributed by atoms with Crippen molar-refractivity contribution in [2.24, 2.45) is 0 Å². The smallest absolute Gasteiger partial charge is 0.253 e. The molecule has 168 valence electrons. The fourth-order valence-electron chi connectivity index (χ4n) is 5.28. The Labute approximate surface area is 189 Å². The Kier molecular flexibility index (Phi) is 5.98. The summed E-state index contributed by atoms with van der Waals surface area (Å²) in [4.78, 5) is 29.6. The first-order valence-electron chi connectivity index (χ1n) is 11.6. The Bertz CT molecular complexity index is 963. The molecule has 1 spiro atoms. The van der Waals surface area contributed by atoms with Crippen LogP contribution < -0.4 is 0 Å². The van der Waals surface area contributed by atoms with Crippen LogP contribution >= 0.6 is 0 Å². The van der Waals surface area contributed by atoms with Crippen molar-refractivity contribution < 1.29 is 19.1 Å². The van der Waals surface area contributed by atoms with Crippen molar-refractivity contribution in [2.75, 3.05) is 39.4 Å². The molecule has 1 atom stereocenters. The van der Waals surface area contributed by atoms with E-state index in [0.717, 1.165) is 24.8 Å². The largest absolute Gasteiger partial charge is 0.378 e. The first-order valence-corrected chi connectivity index (χ1v) is 11.6. The maximum absolute atomic E-state index is 12.9. The van der Waals surface area contributed by atoms with Crippen LogP contribution in [0.15, 0.2) is 54.6 Å². The van der Waals surface area contributed by atoms with Gasteiger partial charge in [-0.15, -0.1) is 0 Å². The van der Waals surface area contributed by atoms with Crippen molar-refractivity contribution in [3.8, 4) is 0 Å². The summed E-state index contributed by atoms with van der Waals surface area (Å²) in [5.41, 5.74) is 2.78. The van der Waals surface area contributed by atoms with E-state index >= 15 is 0 Å². The van der Waals surface area contributed by atoms with E-state index in [0.29, 0.717) is 45.8 Å². The summed E-state index contributed by atoms with van der Waals surface area (Å²) in [5, 5.41) is 0. The van der Waals surface area contributed by atoms with Gasteiger partial charge < -0.3 is 19.3 Å². The molecular formula is C26H30N2O4. The van der Waals surface area contributed by atoms with Crippen molar-refractivity contribution in [2.45, 2.75) is 37.4 Å². The number of hydrogen-bond acceptors (Lipinski definition) is 4. The first-order chi connectivity index (χ1) is 15.6. The van der Waals surface area contributed by atoms with E-state index in [2.05, 4.69) is 24.3 Å². The molecule has 0 saturated carbocycles. The third kappa shape index (κ3) is 4.17. The quantitative estimate of drug-likeness (QED) is 0.745. The van der Waals surface area contributed by atoms with Crippen LogP contribution in [0.4, 0.5) is 0 Å². The summed E-state index contributed by atoms with van der Waals surface area (Å²) < 4.78 is 12.1. The third-order valence-corrected chi connectivity index (χ3v) is 6.99. The topological polar surface area (TPSA) is 59.1 Å². The van der Waals surface area contributed by atoms with Crippen molar-refractivity contribution in [1.82, 2.24) is 9.80 Å².